The second-order valence-electron chi connectivity index (χ2n) is 6.46. The van der Waals surface area contributed by atoms with Crippen LogP contribution >= 0.6 is 0 Å². The summed E-state index contributed by atoms with van der Waals surface area (Å²) in [6.07, 6.45) is 3.84. The predicted molar refractivity (Wildman–Crippen MR) is 67.2 cm³/mol. The van der Waals surface area contributed by atoms with Crippen LogP contribution in [0.1, 0.15) is 53.9 Å². The van der Waals surface area contributed by atoms with Gasteiger partial charge in [-0.3, -0.25) is 0 Å². The van der Waals surface area contributed by atoms with Gasteiger partial charge in [0.1, 0.15) is 0 Å². The lowest BCUT2D eigenvalue weighted by atomic mass is 9.87. The van der Waals surface area contributed by atoms with Crippen molar-refractivity contribution in [1.82, 2.24) is 10.6 Å². The van der Waals surface area contributed by atoms with Crippen LogP contribution in [0, 0.1) is 5.41 Å². The minimum Gasteiger partial charge on any atom is -0.312 e. The Morgan fingerprint density at radius 1 is 1.40 bits per heavy atom. The third-order valence-electron chi connectivity index (χ3n) is 3.38. The smallest absolute Gasteiger partial charge is 0.0210 e. The summed E-state index contributed by atoms with van der Waals surface area (Å²) in [5.74, 6) is 0. The van der Waals surface area contributed by atoms with E-state index in [9.17, 15) is 0 Å². The molecule has 1 saturated heterocycles. The van der Waals surface area contributed by atoms with Gasteiger partial charge in [-0.25, -0.2) is 0 Å². The average Bonchev–Trinajstić information content (AvgIpc) is 2.42. The van der Waals surface area contributed by atoms with Crippen LogP contribution in [0.2, 0.25) is 0 Å². The zero-order chi connectivity index (χ0) is 11.5. The lowest BCUT2D eigenvalue weighted by Gasteiger charge is -2.26. The van der Waals surface area contributed by atoms with Crippen molar-refractivity contribution in [2.24, 2.45) is 5.41 Å². The first-order valence-electron chi connectivity index (χ1n) is 6.33. The van der Waals surface area contributed by atoms with Crippen LogP contribution in [0.25, 0.3) is 0 Å². The monoisotopic (exact) mass is 212 g/mol. The fourth-order valence-electron chi connectivity index (χ4n) is 2.49. The number of rotatable bonds is 5. The van der Waals surface area contributed by atoms with E-state index in [1.54, 1.807) is 0 Å². The second kappa shape index (κ2) is 4.84. The standard InChI is InChI=1S/C13H28N2/c1-6-7-12(2,3)10-14-11-8-13(4,5)15-9-11/h11,14-15H,6-10H2,1-5H3. The predicted octanol–water partition coefficient (Wildman–Crippen LogP) is 2.54. The van der Waals surface area contributed by atoms with Crippen LogP contribution in [0.5, 0.6) is 0 Å². The van der Waals surface area contributed by atoms with E-state index in [0.29, 0.717) is 17.0 Å². The normalized spacial score (nSPS) is 25.8. The second-order valence-corrected chi connectivity index (χ2v) is 6.46. The topological polar surface area (TPSA) is 24.1 Å². The summed E-state index contributed by atoms with van der Waals surface area (Å²) in [5.41, 5.74) is 0.772. The van der Waals surface area contributed by atoms with E-state index >= 15 is 0 Å². The molecule has 0 aromatic carbocycles. The number of hydrogen-bond donors (Lipinski definition) is 2. The van der Waals surface area contributed by atoms with Crippen molar-refractivity contribution in [3.8, 4) is 0 Å². The Kier molecular flexibility index (Phi) is 4.19. The van der Waals surface area contributed by atoms with Crippen molar-refractivity contribution >= 4 is 0 Å². The lowest BCUT2D eigenvalue weighted by Crippen LogP contribution is -2.38. The SMILES string of the molecule is CCCC(C)(C)CNC1CNC(C)(C)C1. The molecule has 0 aromatic heterocycles. The molecular weight excluding hydrogens is 184 g/mol. The summed E-state index contributed by atoms with van der Waals surface area (Å²) in [6, 6.07) is 0.663. The molecule has 2 heteroatoms. The van der Waals surface area contributed by atoms with Gasteiger partial charge in [0.25, 0.3) is 0 Å². The number of hydrogen-bond acceptors (Lipinski definition) is 2. The molecule has 2 N–H and O–H groups in total. The van der Waals surface area contributed by atoms with Gasteiger partial charge in [0.2, 0.25) is 0 Å². The third-order valence-corrected chi connectivity index (χ3v) is 3.38. The van der Waals surface area contributed by atoms with E-state index < -0.39 is 0 Å². The van der Waals surface area contributed by atoms with Gasteiger partial charge >= 0.3 is 0 Å². The molecule has 0 aliphatic carbocycles. The fourth-order valence-corrected chi connectivity index (χ4v) is 2.49. The van der Waals surface area contributed by atoms with Crippen LogP contribution < -0.4 is 10.6 Å². The molecule has 0 aromatic rings. The lowest BCUT2D eigenvalue weighted by molar-refractivity contribution is 0.294. The van der Waals surface area contributed by atoms with Gasteiger partial charge in [-0.2, -0.15) is 0 Å². The highest BCUT2D eigenvalue weighted by Crippen LogP contribution is 2.23. The van der Waals surface area contributed by atoms with Gasteiger partial charge in [-0.15, -0.1) is 0 Å². The molecule has 2 nitrogen and oxygen atoms in total. The van der Waals surface area contributed by atoms with E-state index in [0.717, 1.165) is 13.1 Å². The molecule has 0 bridgehead atoms. The third kappa shape index (κ3) is 4.52. The summed E-state index contributed by atoms with van der Waals surface area (Å²) >= 11 is 0. The van der Waals surface area contributed by atoms with E-state index in [-0.39, 0.29) is 0 Å². The Morgan fingerprint density at radius 3 is 2.53 bits per heavy atom. The molecular formula is C13H28N2. The molecule has 1 fully saturated rings. The van der Waals surface area contributed by atoms with Crippen molar-refractivity contribution in [2.45, 2.75) is 65.5 Å². The molecule has 1 aliphatic heterocycles. The van der Waals surface area contributed by atoms with Crippen molar-refractivity contribution in [2.75, 3.05) is 13.1 Å². The summed E-state index contributed by atoms with van der Waals surface area (Å²) in [7, 11) is 0. The molecule has 1 atom stereocenters. The Labute approximate surface area is 95.2 Å². The van der Waals surface area contributed by atoms with Crippen LogP contribution in [-0.4, -0.2) is 24.7 Å². The zero-order valence-electron chi connectivity index (χ0n) is 11.1. The molecule has 1 rings (SSSR count). The quantitative estimate of drug-likeness (QED) is 0.732. The Morgan fingerprint density at radius 2 is 2.07 bits per heavy atom. The first kappa shape index (κ1) is 13.0. The van der Waals surface area contributed by atoms with Gasteiger partial charge in [0.05, 0.1) is 0 Å². The van der Waals surface area contributed by atoms with Crippen LogP contribution in [-0.2, 0) is 0 Å². The molecule has 1 heterocycles. The van der Waals surface area contributed by atoms with Crippen LogP contribution in [0.4, 0.5) is 0 Å². The molecule has 1 aliphatic rings. The molecule has 1 unspecified atom stereocenters. The molecule has 0 saturated carbocycles. The van der Waals surface area contributed by atoms with Gasteiger partial charge in [0, 0.05) is 24.7 Å². The maximum Gasteiger partial charge on any atom is 0.0210 e. The van der Waals surface area contributed by atoms with Gasteiger partial charge < -0.3 is 10.6 Å². The van der Waals surface area contributed by atoms with Crippen molar-refractivity contribution in [1.29, 1.82) is 0 Å². The highest BCUT2D eigenvalue weighted by molar-refractivity contribution is 4.93. The highest BCUT2D eigenvalue weighted by Gasteiger charge is 2.30. The largest absolute Gasteiger partial charge is 0.312 e. The van der Waals surface area contributed by atoms with E-state index in [1.807, 2.05) is 0 Å². The summed E-state index contributed by atoms with van der Waals surface area (Å²) in [5, 5.41) is 7.25. The minimum absolute atomic E-state index is 0.326. The fraction of sp³-hybridized carbons (Fsp3) is 1.00. The zero-order valence-corrected chi connectivity index (χ0v) is 11.1. The first-order valence-corrected chi connectivity index (χ1v) is 6.33. The van der Waals surface area contributed by atoms with Crippen molar-refractivity contribution < 1.29 is 0 Å². The number of nitrogens with one attached hydrogen (secondary N) is 2. The first-order chi connectivity index (χ1) is 6.85. The van der Waals surface area contributed by atoms with E-state index in [1.165, 1.54) is 19.3 Å². The molecule has 90 valence electrons. The average molecular weight is 212 g/mol. The maximum absolute atomic E-state index is 3.70. The van der Waals surface area contributed by atoms with Gasteiger partial charge in [-0.05, 0) is 32.1 Å². The molecule has 15 heavy (non-hydrogen) atoms. The minimum atomic E-state index is 0.326. The van der Waals surface area contributed by atoms with Crippen LogP contribution in [0.15, 0.2) is 0 Å². The van der Waals surface area contributed by atoms with Crippen molar-refractivity contribution in [3.63, 3.8) is 0 Å². The Balaban J connectivity index is 2.26. The Hall–Kier alpha value is -0.0800. The summed E-state index contributed by atoms with van der Waals surface area (Å²) < 4.78 is 0. The maximum atomic E-state index is 3.70. The van der Waals surface area contributed by atoms with Crippen molar-refractivity contribution in [3.05, 3.63) is 0 Å². The van der Waals surface area contributed by atoms with Crippen LogP contribution in [0.3, 0.4) is 0 Å². The van der Waals surface area contributed by atoms with Gasteiger partial charge in [0.15, 0.2) is 0 Å². The Bertz CT molecular complexity index is 197. The van der Waals surface area contributed by atoms with Gasteiger partial charge in [-0.1, -0.05) is 27.2 Å². The molecule has 0 spiro atoms. The summed E-state index contributed by atoms with van der Waals surface area (Å²) in [6.45, 7) is 13.8. The van der Waals surface area contributed by atoms with E-state index in [4.69, 9.17) is 0 Å². The molecule has 0 radical (unpaired) electrons. The van der Waals surface area contributed by atoms with E-state index in [2.05, 4.69) is 45.3 Å². The molecule has 0 amide bonds. The summed E-state index contributed by atoms with van der Waals surface area (Å²) in [4.78, 5) is 0. The highest BCUT2D eigenvalue weighted by atomic mass is 15.1.